The summed E-state index contributed by atoms with van der Waals surface area (Å²) >= 11 is 0. The zero-order chi connectivity index (χ0) is 21.9. The Morgan fingerprint density at radius 1 is 0.806 bits per heavy atom. The van der Waals surface area contributed by atoms with Gasteiger partial charge in [-0.1, -0.05) is 81.4 Å². The molecule has 0 aromatic heterocycles. The van der Waals surface area contributed by atoms with Crippen LogP contribution in [0.15, 0.2) is 60.7 Å². The Labute approximate surface area is 187 Å². The summed E-state index contributed by atoms with van der Waals surface area (Å²) < 4.78 is 19.4. The summed E-state index contributed by atoms with van der Waals surface area (Å²) in [7, 11) is -2.53. The maximum atomic E-state index is 9.36. The summed E-state index contributed by atoms with van der Waals surface area (Å²) in [5, 5.41) is 11.9. The number of benzene rings is 2. The van der Waals surface area contributed by atoms with Crippen LogP contribution in [0.4, 0.5) is 0 Å². The van der Waals surface area contributed by atoms with Crippen molar-refractivity contribution in [2.45, 2.75) is 75.9 Å². The van der Waals surface area contributed by atoms with Crippen LogP contribution in [0.5, 0.6) is 0 Å². The van der Waals surface area contributed by atoms with Crippen molar-refractivity contribution in [3.8, 4) is 0 Å². The molecule has 2 heterocycles. The van der Waals surface area contributed by atoms with Crippen LogP contribution in [0.1, 0.15) is 46.5 Å². The van der Waals surface area contributed by atoms with E-state index in [1.54, 1.807) is 0 Å². The standard InChI is InChI=1S/C26H36O4Si/c1-26(2,3)31(22-10-6-4-7-11-22,23-12-8-5-9-13-23)28-19-21-15-17-25(30-21)24-16-14-20(18-27)29-24/h4-13,20-21,24-25,27H,14-19H2,1-3H3/t20-,21-,24+,25-/m1/s1. The second kappa shape index (κ2) is 9.55. The van der Waals surface area contributed by atoms with Gasteiger partial charge in [0, 0.05) is 0 Å². The molecular formula is C26H36O4Si. The predicted molar refractivity (Wildman–Crippen MR) is 126 cm³/mol. The first-order valence-corrected chi connectivity index (χ1v) is 13.5. The number of ether oxygens (including phenoxy) is 2. The summed E-state index contributed by atoms with van der Waals surface area (Å²) in [5.41, 5.74) is 0. The number of aliphatic hydroxyl groups is 1. The van der Waals surface area contributed by atoms with Gasteiger partial charge in [0.1, 0.15) is 0 Å². The van der Waals surface area contributed by atoms with Crippen LogP contribution in [0, 0.1) is 0 Å². The van der Waals surface area contributed by atoms with Gasteiger partial charge in [-0.05, 0) is 41.1 Å². The number of hydrogen-bond acceptors (Lipinski definition) is 4. The molecule has 2 aliphatic rings. The van der Waals surface area contributed by atoms with Gasteiger partial charge >= 0.3 is 0 Å². The first-order valence-electron chi connectivity index (χ1n) is 11.6. The van der Waals surface area contributed by atoms with Gasteiger partial charge < -0.3 is 19.0 Å². The van der Waals surface area contributed by atoms with Gasteiger partial charge in [0.05, 0.1) is 37.6 Å². The summed E-state index contributed by atoms with van der Waals surface area (Å²) in [4.78, 5) is 0. The molecule has 2 fully saturated rings. The third-order valence-electron chi connectivity index (χ3n) is 6.80. The summed E-state index contributed by atoms with van der Waals surface area (Å²) in [6.45, 7) is 7.61. The Morgan fingerprint density at radius 3 is 1.74 bits per heavy atom. The zero-order valence-electron chi connectivity index (χ0n) is 19.0. The molecule has 2 saturated heterocycles. The topological polar surface area (TPSA) is 47.9 Å². The monoisotopic (exact) mass is 440 g/mol. The second-order valence-electron chi connectivity index (χ2n) is 9.90. The first kappa shape index (κ1) is 22.7. The molecule has 0 saturated carbocycles. The number of aliphatic hydroxyl groups excluding tert-OH is 1. The van der Waals surface area contributed by atoms with Crippen molar-refractivity contribution in [2.75, 3.05) is 13.2 Å². The highest BCUT2D eigenvalue weighted by Gasteiger charge is 2.50. The van der Waals surface area contributed by atoms with E-state index in [0.29, 0.717) is 6.61 Å². The SMILES string of the molecule is CC(C)(C)[Si](OC[C@H]1CC[C@H]([C@@H]2CC[C@H](CO)O2)O1)(c1ccccc1)c1ccccc1. The van der Waals surface area contributed by atoms with E-state index >= 15 is 0 Å². The smallest absolute Gasteiger partial charge is 0.261 e. The van der Waals surface area contributed by atoms with Crippen LogP contribution in [-0.4, -0.2) is 51.1 Å². The summed E-state index contributed by atoms with van der Waals surface area (Å²) in [5.74, 6) is 0. The van der Waals surface area contributed by atoms with Crippen molar-refractivity contribution in [3.05, 3.63) is 60.7 Å². The van der Waals surface area contributed by atoms with Crippen molar-refractivity contribution < 1.29 is 19.0 Å². The van der Waals surface area contributed by atoms with Crippen molar-refractivity contribution in [1.82, 2.24) is 0 Å². The lowest BCUT2D eigenvalue weighted by Gasteiger charge is -2.43. The van der Waals surface area contributed by atoms with Crippen molar-refractivity contribution in [1.29, 1.82) is 0 Å². The Morgan fingerprint density at radius 2 is 1.29 bits per heavy atom. The van der Waals surface area contributed by atoms with Crippen LogP contribution in [0.3, 0.4) is 0 Å². The third-order valence-corrected chi connectivity index (χ3v) is 11.8. The number of rotatable bonds is 7. The maximum Gasteiger partial charge on any atom is 0.261 e. The average molecular weight is 441 g/mol. The molecule has 0 aliphatic carbocycles. The number of hydrogen-bond donors (Lipinski definition) is 1. The van der Waals surface area contributed by atoms with E-state index < -0.39 is 8.32 Å². The van der Waals surface area contributed by atoms with E-state index in [0.717, 1.165) is 25.7 Å². The minimum Gasteiger partial charge on any atom is -0.405 e. The molecule has 2 aliphatic heterocycles. The fourth-order valence-corrected chi connectivity index (χ4v) is 9.84. The molecule has 0 spiro atoms. The first-order chi connectivity index (χ1) is 14.9. The van der Waals surface area contributed by atoms with E-state index in [2.05, 4.69) is 81.4 Å². The largest absolute Gasteiger partial charge is 0.405 e. The van der Waals surface area contributed by atoms with Crippen molar-refractivity contribution in [3.63, 3.8) is 0 Å². The summed E-state index contributed by atoms with van der Waals surface area (Å²) in [6.07, 6.45) is 4.16. The Bertz CT molecular complexity index is 781. The van der Waals surface area contributed by atoms with Gasteiger partial charge in [-0.3, -0.25) is 0 Å². The highest BCUT2D eigenvalue weighted by molar-refractivity contribution is 6.99. The van der Waals surface area contributed by atoms with E-state index in [9.17, 15) is 5.11 Å². The highest BCUT2D eigenvalue weighted by Crippen LogP contribution is 2.38. The van der Waals surface area contributed by atoms with Crippen molar-refractivity contribution in [2.24, 2.45) is 0 Å². The van der Waals surface area contributed by atoms with Crippen LogP contribution in [-0.2, 0) is 13.9 Å². The second-order valence-corrected chi connectivity index (χ2v) is 14.2. The van der Waals surface area contributed by atoms with Gasteiger partial charge in [0.15, 0.2) is 0 Å². The zero-order valence-corrected chi connectivity index (χ0v) is 20.0. The molecule has 4 atom stereocenters. The van der Waals surface area contributed by atoms with Gasteiger partial charge in [0.2, 0.25) is 0 Å². The van der Waals surface area contributed by atoms with Crippen molar-refractivity contribution >= 4 is 18.7 Å². The Kier molecular flexibility index (Phi) is 6.99. The summed E-state index contributed by atoms with van der Waals surface area (Å²) in [6, 6.07) is 21.5. The molecule has 5 heteroatoms. The fraction of sp³-hybridized carbons (Fsp3) is 0.538. The van der Waals surface area contributed by atoms with Gasteiger partial charge in [0.25, 0.3) is 8.32 Å². The average Bonchev–Trinajstić information content (AvgIpc) is 3.44. The van der Waals surface area contributed by atoms with Crippen LogP contribution in [0.2, 0.25) is 5.04 Å². The minimum atomic E-state index is -2.53. The Hall–Kier alpha value is -1.50. The maximum absolute atomic E-state index is 9.36. The molecule has 4 nitrogen and oxygen atoms in total. The molecule has 0 radical (unpaired) electrons. The molecule has 0 bridgehead atoms. The molecule has 168 valence electrons. The van der Waals surface area contributed by atoms with Gasteiger partial charge in [-0.15, -0.1) is 0 Å². The highest BCUT2D eigenvalue weighted by atomic mass is 28.4. The van der Waals surface area contributed by atoms with Crippen LogP contribution in [0.25, 0.3) is 0 Å². The quantitative estimate of drug-likeness (QED) is 0.668. The molecule has 0 amide bonds. The van der Waals surface area contributed by atoms with Crippen LogP contribution >= 0.6 is 0 Å². The molecule has 1 N–H and O–H groups in total. The lowest BCUT2D eigenvalue weighted by Crippen LogP contribution is -2.67. The van der Waals surface area contributed by atoms with Crippen LogP contribution < -0.4 is 10.4 Å². The molecule has 2 aromatic carbocycles. The lowest BCUT2D eigenvalue weighted by molar-refractivity contribution is -0.0802. The Balaban J connectivity index is 1.54. The third kappa shape index (κ3) is 4.66. The minimum absolute atomic E-state index is 0.0268. The van der Waals surface area contributed by atoms with E-state index in [-0.39, 0.29) is 36.1 Å². The molecule has 0 unspecified atom stereocenters. The van der Waals surface area contributed by atoms with E-state index in [1.807, 2.05) is 0 Å². The van der Waals surface area contributed by atoms with Gasteiger partial charge in [-0.2, -0.15) is 0 Å². The van der Waals surface area contributed by atoms with E-state index in [4.69, 9.17) is 13.9 Å². The molecule has 31 heavy (non-hydrogen) atoms. The molecule has 2 aromatic rings. The van der Waals surface area contributed by atoms with Gasteiger partial charge in [-0.25, -0.2) is 0 Å². The van der Waals surface area contributed by atoms with E-state index in [1.165, 1.54) is 10.4 Å². The molecule has 4 rings (SSSR count). The lowest BCUT2D eigenvalue weighted by atomic mass is 10.1. The predicted octanol–water partition coefficient (Wildman–Crippen LogP) is 3.65. The fourth-order valence-electron chi connectivity index (χ4n) is 5.25. The molecular weight excluding hydrogens is 404 g/mol. The normalized spacial score (nSPS) is 27.0.